The number of carbonyl (C=O) groups excluding carboxylic acids is 1. The molecule has 2 rings (SSSR count). The molecule has 1 unspecified atom stereocenters. The molecule has 138 valence electrons. The molecule has 0 aliphatic heterocycles. The molecule has 1 aromatic rings. The van der Waals surface area contributed by atoms with Crippen LogP contribution in [0.3, 0.4) is 0 Å². The molecule has 6 heteroatoms. The van der Waals surface area contributed by atoms with Crippen LogP contribution < -0.4 is 0 Å². The maximum absolute atomic E-state index is 13.5. The van der Waals surface area contributed by atoms with Gasteiger partial charge >= 0.3 is 5.97 Å². The molecule has 0 saturated heterocycles. The van der Waals surface area contributed by atoms with E-state index in [0.717, 1.165) is 12.8 Å². The van der Waals surface area contributed by atoms with Crippen molar-refractivity contribution in [3.05, 3.63) is 35.6 Å². The topological polar surface area (TPSA) is 60.9 Å². The van der Waals surface area contributed by atoms with Crippen LogP contribution in [0.15, 0.2) is 24.3 Å². The third-order valence-corrected chi connectivity index (χ3v) is 4.53. The van der Waals surface area contributed by atoms with E-state index in [4.69, 9.17) is 0 Å². The number of carboxylic acid groups (broad SMARTS) is 1. The number of aliphatic carboxylic acids is 1. The Bertz CT molecular complexity index is 638. The molecule has 1 aliphatic rings. The zero-order chi connectivity index (χ0) is 18.8. The van der Waals surface area contributed by atoms with Crippen molar-refractivity contribution < 1.29 is 19.1 Å². The van der Waals surface area contributed by atoms with Gasteiger partial charge in [-0.05, 0) is 58.2 Å². The van der Waals surface area contributed by atoms with E-state index >= 15 is 0 Å². The quantitative estimate of drug-likeness (QED) is 0.821. The van der Waals surface area contributed by atoms with Crippen molar-refractivity contribution in [2.75, 3.05) is 6.54 Å². The Morgan fingerprint density at radius 1 is 1.32 bits per heavy atom. The van der Waals surface area contributed by atoms with Crippen LogP contribution in [0.4, 0.5) is 4.39 Å². The lowest BCUT2D eigenvalue weighted by Gasteiger charge is -2.38. The van der Waals surface area contributed by atoms with Crippen LogP contribution in [0, 0.1) is 5.82 Å². The molecule has 1 aliphatic carbocycles. The summed E-state index contributed by atoms with van der Waals surface area (Å²) in [4.78, 5) is 27.7. The van der Waals surface area contributed by atoms with E-state index in [1.807, 2.05) is 20.8 Å². The van der Waals surface area contributed by atoms with Crippen molar-refractivity contribution in [3.8, 4) is 0 Å². The third kappa shape index (κ3) is 5.26. The number of halogens is 1. The first-order chi connectivity index (χ1) is 11.6. The van der Waals surface area contributed by atoms with Gasteiger partial charge in [-0.1, -0.05) is 12.1 Å². The molecule has 0 spiro atoms. The van der Waals surface area contributed by atoms with Gasteiger partial charge in [0.25, 0.3) is 0 Å². The van der Waals surface area contributed by atoms with Crippen LogP contribution in [0.5, 0.6) is 0 Å². The van der Waals surface area contributed by atoms with Gasteiger partial charge in [-0.2, -0.15) is 0 Å². The first kappa shape index (κ1) is 19.4. The first-order valence-electron chi connectivity index (χ1n) is 8.63. The van der Waals surface area contributed by atoms with Crippen molar-refractivity contribution >= 4 is 11.9 Å². The number of hydrogen-bond donors (Lipinski definition) is 1. The van der Waals surface area contributed by atoms with Gasteiger partial charge in [0.05, 0.1) is 6.54 Å². The summed E-state index contributed by atoms with van der Waals surface area (Å²) in [7, 11) is 0. The van der Waals surface area contributed by atoms with Crippen molar-refractivity contribution in [1.82, 2.24) is 9.80 Å². The zero-order valence-electron chi connectivity index (χ0n) is 15.3. The standard InChI is InChI=1S/C19H27FN2O3/c1-13(18(24)25)21(16-8-9-16)12-17(23)22(19(2,3)4)11-14-6-5-7-15(20)10-14/h5-7,10,13,16H,8-9,11-12H2,1-4H3,(H,24,25). The van der Waals surface area contributed by atoms with Crippen molar-refractivity contribution in [2.24, 2.45) is 0 Å². The average molecular weight is 350 g/mol. The number of carboxylic acids is 1. The summed E-state index contributed by atoms with van der Waals surface area (Å²) < 4.78 is 13.5. The van der Waals surface area contributed by atoms with Crippen LogP contribution in [0.25, 0.3) is 0 Å². The molecule has 1 fully saturated rings. The molecule has 25 heavy (non-hydrogen) atoms. The van der Waals surface area contributed by atoms with Crippen LogP contribution in [0.2, 0.25) is 0 Å². The fourth-order valence-corrected chi connectivity index (χ4v) is 2.89. The largest absolute Gasteiger partial charge is 0.480 e. The second-order valence-electron chi connectivity index (χ2n) is 7.70. The Kier molecular flexibility index (Phi) is 5.83. The molecule has 1 saturated carbocycles. The van der Waals surface area contributed by atoms with E-state index in [-0.39, 0.29) is 24.3 Å². The molecule has 1 aromatic carbocycles. The lowest BCUT2D eigenvalue weighted by Crippen LogP contribution is -2.52. The van der Waals surface area contributed by atoms with Gasteiger partial charge in [0, 0.05) is 18.1 Å². The second-order valence-corrected chi connectivity index (χ2v) is 7.70. The van der Waals surface area contributed by atoms with E-state index < -0.39 is 17.6 Å². The summed E-state index contributed by atoms with van der Waals surface area (Å²) in [5.74, 6) is -1.40. The van der Waals surface area contributed by atoms with Gasteiger partial charge < -0.3 is 10.0 Å². The molecule has 0 heterocycles. The molecule has 0 bridgehead atoms. The summed E-state index contributed by atoms with van der Waals surface area (Å²) in [5.41, 5.74) is 0.262. The van der Waals surface area contributed by atoms with Crippen molar-refractivity contribution in [3.63, 3.8) is 0 Å². The normalized spacial score (nSPS) is 15.9. The van der Waals surface area contributed by atoms with Crippen LogP contribution in [0.1, 0.15) is 46.1 Å². The average Bonchev–Trinajstić information content (AvgIpc) is 3.33. The molecular weight excluding hydrogens is 323 g/mol. The molecule has 1 amide bonds. The lowest BCUT2D eigenvalue weighted by molar-refractivity contribution is -0.145. The number of carbonyl (C=O) groups is 2. The maximum Gasteiger partial charge on any atom is 0.320 e. The minimum atomic E-state index is -0.924. The van der Waals surface area contributed by atoms with Gasteiger partial charge in [-0.15, -0.1) is 0 Å². The highest BCUT2D eigenvalue weighted by Crippen LogP contribution is 2.29. The number of hydrogen-bond acceptors (Lipinski definition) is 3. The fourth-order valence-electron chi connectivity index (χ4n) is 2.89. The van der Waals surface area contributed by atoms with E-state index in [2.05, 4.69) is 0 Å². The first-order valence-corrected chi connectivity index (χ1v) is 8.63. The number of rotatable bonds is 7. The van der Waals surface area contributed by atoms with Gasteiger partial charge in [0.2, 0.25) is 5.91 Å². The van der Waals surface area contributed by atoms with Crippen molar-refractivity contribution in [2.45, 2.75) is 64.7 Å². The van der Waals surface area contributed by atoms with E-state index in [9.17, 15) is 19.1 Å². The number of benzene rings is 1. The Morgan fingerprint density at radius 3 is 2.44 bits per heavy atom. The number of amides is 1. The van der Waals surface area contributed by atoms with E-state index in [0.29, 0.717) is 12.1 Å². The highest BCUT2D eigenvalue weighted by molar-refractivity contribution is 5.80. The van der Waals surface area contributed by atoms with Gasteiger partial charge in [0.15, 0.2) is 0 Å². The maximum atomic E-state index is 13.5. The molecule has 1 atom stereocenters. The second kappa shape index (κ2) is 7.52. The minimum absolute atomic E-state index is 0.0602. The number of nitrogens with zero attached hydrogens (tertiary/aromatic N) is 2. The highest BCUT2D eigenvalue weighted by Gasteiger charge is 2.38. The van der Waals surface area contributed by atoms with Crippen LogP contribution in [-0.2, 0) is 16.1 Å². The van der Waals surface area contributed by atoms with E-state index in [1.54, 1.807) is 28.9 Å². The zero-order valence-corrected chi connectivity index (χ0v) is 15.3. The Hall–Kier alpha value is -1.95. The fraction of sp³-hybridized carbons (Fsp3) is 0.579. The predicted molar refractivity (Wildman–Crippen MR) is 93.5 cm³/mol. The molecule has 0 aromatic heterocycles. The van der Waals surface area contributed by atoms with Crippen LogP contribution in [-0.4, -0.2) is 51.0 Å². The summed E-state index contributed by atoms with van der Waals surface area (Å²) in [5, 5.41) is 9.30. The van der Waals surface area contributed by atoms with Gasteiger partial charge in [-0.25, -0.2) is 4.39 Å². The SMILES string of the molecule is CC(C(=O)O)N(CC(=O)N(Cc1cccc(F)c1)C(C)(C)C)C1CC1. The summed E-state index contributed by atoms with van der Waals surface area (Å²) in [6.45, 7) is 7.73. The summed E-state index contributed by atoms with van der Waals surface area (Å²) >= 11 is 0. The smallest absolute Gasteiger partial charge is 0.320 e. The van der Waals surface area contributed by atoms with Crippen molar-refractivity contribution in [1.29, 1.82) is 0 Å². The highest BCUT2D eigenvalue weighted by atomic mass is 19.1. The molecule has 0 radical (unpaired) electrons. The molecule has 1 N–H and O–H groups in total. The van der Waals surface area contributed by atoms with Crippen LogP contribution >= 0.6 is 0 Å². The molecular formula is C19H27FN2O3. The molecule has 5 nitrogen and oxygen atoms in total. The Balaban J connectivity index is 2.16. The van der Waals surface area contributed by atoms with E-state index in [1.165, 1.54) is 12.1 Å². The monoisotopic (exact) mass is 350 g/mol. The Labute approximate surface area is 148 Å². The minimum Gasteiger partial charge on any atom is -0.480 e. The third-order valence-electron chi connectivity index (χ3n) is 4.53. The summed E-state index contributed by atoms with van der Waals surface area (Å²) in [6.07, 6.45) is 1.84. The van der Waals surface area contributed by atoms with Gasteiger partial charge in [-0.3, -0.25) is 14.5 Å². The van der Waals surface area contributed by atoms with Gasteiger partial charge in [0.1, 0.15) is 11.9 Å². The Morgan fingerprint density at radius 2 is 1.96 bits per heavy atom. The summed E-state index contributed by atoms with van der Waals surface area (Å²) in [6, 6.07) is 5.66. The lowest BCUT2D eigenvalue weighted by atomic mass is 10.0. The predicted octanol–water partition coefficient (Wildman–Crippen LogP) is 2.89.